The van der Waals surface area contributed by atoms with E-state index in [0.717, 1.165) is 11.4 Å². The first-order valence-corrected chi connectivity index (χ1v) is 2.40. The number of hydrogen-bond acceptors (Lipinski definition) is 2. The van der Waals surface area contributed by atoms with E-state index in [0.29, 0.717) is 0 Å². The summed E-state index contributed by atoms with van der Waals surface area (Å²) in [6, 6.07) is 7.09. The third-order valence-electron chi connectivity index (χ3n) is 0.936. The average Bonchev–Trinajstić information content (AvgIpc) is 1.77. The molecule has 1 rings (SSSR count). The summed E-state index contributed by atoms with van der Waals surface area (Å²) in [6.07, 6.45) is 0. The number of hydrogen-bond donors (Lipinski definition) is 2. The summed E-state index contributed by atoms with van der Waals surface area (Å²) in [5, 5.41) is 0. The third kappa shape index (κ3) is 4.61. The molecule has 1 aromatic carbocycles. The van der Waals surface area contributed by atoms with Crippen molar-refractivity contribution in [2.75, 3.05) is 11.5 Å². The van der Waals surface area contributed by atoms with Gasteiger partial charge in [-0.3, -0.25) is 0 Å². The molecule has 46 valence electrons. The predicted molar refractivity (Wildman–Crippen MR) is 37.5 cm³/mol. The smallest absolute Gasteiger partial charge is 1.00 e. The van der Waals surface area contributed by atoms with Gasteiger partial charge in [-0.05, 0) is 24.3 Å². The van der Waals surface area contributed by atoms with Crippen LogP contribution in [0.15, 0.2) is 24.3 Å². The standard InChI is InChI=1S/C6H8N2.2Na.2H/c7-5-1-2-6(8)4-3-5;;;;/h1-4H,7-8H2;;;;/q;2*+1;2*-1. The molecule has 0 aliphatic rings. The van der Waals surface area contributed by atoms with Crippen molar-refractivity contribution in [1.29, 1.82) is 0 Å². The van der Waals surface area contributed by atoms with Crippen LogP contribution in [0.3, 0.4) is 0 Å². The first kappa shape index (κ1) is 13.4. The Morgan fingerprint density at radius 3 is 1.20 bits per heavy atom. The fraction of sp³-hybridized carbons (Fsp3) is 0. The van der Waals surface area contributed by atoms with Crippen LogP contribution in [0.4, 0.5) is 11.4 Å². The second-order valence-electron chi connectivity index (χ2n) is 1.67. The van der Waals surface area contributed by atoms with E-state index in [1.807, 2.05) is 0 Å². The van der Waals surface area contributed by atoms with Gasteiger partial charge in [0.05, 0.1) is 0 Å². The van der Waals surface area contributed by atoms with Gasteiger partial charge in [0.15, 0.2) is 0 Å². The molecule has 0 aliphatic heterocycles. The number of nitrogen functional groups attached to an aromatic ring is 2. The fourth-order valence-electron chi connectivity index (χ4n) is 0.496. The normalized spacial score (nSPS) is 7.20. The molecule has 0 saturated heterocycles. The summed E-state index contributed by atoms with van der Waals surface area (Å²) in [4.78, 5) is 0. The van der Waals surface area contributed by atoms with Crippen molar-refractivity contribution >= 4 is 11.4 Å². The molecule has 10 heavy (non-hydrogen) atoms. The van der Waals surface area contributed by atoms with Crippen molar-refractivity contribution in [1.82, 2.24) is 0 Å². The van der Waals surface area contributed by atoms with Crippen LogP contribution in [0.5, 0.6) is 0 Å². The van der Waals surface area contributed by atoms with E-state index in [1.165, 1.54) is 0 Å². The molecule has 0 spiro atoms. The molecule has 1 aromatic rings. The molecule has 0 fully saturated rings. The molecule has 4 heteroatoms. The van der Waals surface area contributed by atoms with Crippen molar-refractivity contribution in [2.24, 2.45) is 0 Å². The second kappa shape index (κ2) is 6.53. The summed E-state index contributed by atoms with van der Waals surface area (Å²) in [6.45, 7) is 0. The van der Waals surface area contributed by atoms with E-state index in [-0.39, 0.29) is 62.0 Å². The van der Waals surface area contributed by atoms with Crippen molar-refractivity contribution in [3.63, 3.8) is 0 Å². The van der Waals surface area contributed by atoms with Gasteiger partial charge in [0.1, 0.15) is 0 Å². The molecule has 0 saturated carbocycles. The van der Waals surface area contributed by atoms with Gasteiger partial charge in [0, 0.05) is 11.4 Å². The molecule has 2 nitrogen and oxygen atoms in total. The third-order valence-corrected chi connectivity index (χ3v) is 0.936. The molecule has 0 aromatic heterocycles. The van der Waals surface area contributed by atoms with Gasteiger partial charge in [-0.25, -0.2) is 0 Å². The molecule has 0 amide bonds. The Kier molecular flexibility index (Phi) is 8.75. The van der Waals surface area contributed by atoms with Crippen molar-refractivity contribution in [3.05, 3.63) is 24.3 Å². The van der Waals surface area contributed by atoms with Gasteiger partial charge < -0.3 is 14.3 Å². The van der Waals surface area contributed by atoms with Crippen molar-refractivity contribution in [2.45, 2.75) is 0 Å². The summed E-state index contributed by atoms with van der Waals surface area (Å²) >= 11 is 0. The van der Waals surface area contributed by atoms with Crippen LogP contribution in [0.25, 0.3) is 0 Å². The summed E-state index contributed by atoms with van der Waals surface area (Å²) in [5.41, 5.74) is 12.2. The molecule has 0 bridgehead atoms. The Bertz CT molecular complexity index is 160. The molecule has 4 N–H and O–H groups in total. The minimum absolute atomic E-state index is 0. The quantitative estimate of drug-likeness (QED) is 0.292. The first-order valence-electron chi connectivity index (χ1n) is 2.40. The first-order chi connectivity index (χ1) is 3.79. The monoisotopic (exact) mass is 156 g/mol. The minimum Gasteiger partial charge on any atom is -1.00 e. The SMILES string of the molecule is Nc1ccc(N)cc1.[H-].[H-].[Na+].[Na+]. The summed E-state index contributed by atoms with van der Waals surface area (Å²) < 4.78 is 0. The van der Waals surface area contributed by atoms with Crippen LogP contribution in [-0.4, -0.2) is 0 Å². The second-order valence-corrected chi connectivity index (χ2v) is 1.67. The van der Waals surface area contributed by atoms with Crippen LogP contribution in [0.1, 0.15) is 2.85 Å². The van der Waals surface area contributed by atoms with Gasteiger partial charge in [-0.15, -0.1) is 0 Å². The molecule has 0 atom stereocenters. The zero-order valence-corrected chi connectivity index (χ0v) is 10.5. The van der Waals surface area contributed by atoms with E-state index < -0.39 is 0 Å². The molecular weight excluding hydrogens is 146 g/mol. The Balaban J connectivity index is -0.0000000800. The van der Waals surface area contributed by atoms with Crippen molar-refractivity contribution in [3.8, 4) is 0 Å². The minimum atomic E-state index is 0. The zero-order valence-electron chi connectivity index (χ0n) is 8.46. The van der Waals surface area contributed by atoms with Crippen LogP contribution in [0, 0.1) is 0 Å². The van der Waals surface area contributed by atoms with Crippen LogP contribution in [0.2, 0.25) is 0 Å². The number of anilines is 2. The Hall–Kier alpha value is 0.820. The zero-order chi connectivity index (χ0) is 5.98. The van der Waals surface area contributed by atoms with E-state index in [9.17, 15) is 0 Å². The van der Waals surface area contributed by atoms with Gasteiger partial charge in [0.2, 0.25) is 0 Å². The van der Waals surface area contributed by atoms with Crippen LogP contribution >= 0.6 is 0 Å². The van der Waals surface area contributed by atoms with Crippen molar-refractivity contribution < 1.29 is 62.0 Å². The van der Waals surface area contributed by atoms with E-state index in [4.69, 9.17) is 11.5 Å². The maximum Gasteiger partial charge on any atom is 1.00 e. The molecule has 0 unspecified atom stereocenters. The fourth-order valence-corrected chi connectivity index (χ4v) is 0.496. The van der Waals surface area contributed by atoms with Crippen LogP contribution < -0.4 is 70.6 Å². The molecular formula is C6H10N2Na2. The Morgan fingerprint density at radius 1 is 0.800 bits per heavy atom. The van der Waals surface area contributed by atoms with Gasteiger partial charge in [0.25, 0.3) is 0 Å². The largest absolute Gasteiger partial charge is 1.00 e. The molecule has 0 heterocycles. The van der Waals surface area contributed by atoms with E-state index in [2.05, 4.69) is 0 Å². The molecule has 0 aliphatic carbocycles. The summed E-state index contributed by atoms with van der Waals surface area (Å²) in [5.74, 6) is 0. The average molecular weight is 156 g/mol. The topological polar surface area (TPSA) is 52.0 Å². The maximum absolute atomic E-state index is 5.37. The predicted octanol–water partition coefficient (Wildman–Crippen LogP) is -4.92. The van der Waals surface area contributed by atoms with E-state index in [1.54, 1.807) is 24.3 Å². The van der Waals surface area contributed by atoms with Gasteiger partial charge in [-0.2, -0.15) is 0 Å². The number of rotatable bonds is 0. The van der Waals surface area contributed by atoms with Gasteiger partial charge >= 0.3 is 59.1 Å². The van der Waals surface area contributed by atoms with Crippen LogP contribution in [-0.2, 0) is 0 Å². The maximum atomic E-state index is 5.37. The summed E-state index contributed by atoms with van der Waals surface area (Å²) in [7, 11) is 0. The Morgan fingerprint density at radius 2 is 1.00 bits per heavy atom. The van der Waals surface area contributed by atoms with Gasteiger partial charge in [-0.1, -0.05) is 0 Å². The number of nitrogens with two attached hydrogens (primary N) is 2. The Labute approximate surface area is 108 Å². The number of benzene rings is 1. The van der Waals surface area contributed by atoms with E-state index >= 15 is 0 Å². The molecule has 0 radical (unpaired) electrons.